The summed E-state index contributed by atoms with van der Waals surface area (Å²) in [6.45, 7) is 16.9. The lowest BCUT2D eigenvalue weighted by Crippen LogP contribution is -2.60. The van der Waals surface area contributed by atoms with Crippen LogP contribution in [-0.2, 0) is 0 Å². The zero-order valence-corrected chi connectivity index (χ0v) is 12.7. The van der Waals surface area contributed by atoms with E-state index in [2.05, 4.69) is 42.8 Å². The minimum atomic E-state index is 0.390. The van der Waals surface area contributed by atoms with E-state index in [1.54, 1.807) is 0 Å². The summed E-state index contributed by atoms with van der Waals surface area (Å²) < 4.78 is 0. The van der Waals surface area contributed by atoms with Gasteiger partial charge in [0.15, 0.2) is 0 Å². The van der Waals surface area contributed by atoms with Crippen molar-refractivity contribution in [3.8, 4) is 0 Å². The fourth-order valence-corrected chi connectivity index (χ4v) is 3.55. The maximum absolute atomic E-state index is 3.48. The Kier molecular flexibility index (Phi) is 4.68. The first-order valence-corrected chi connectivity index (χ1v) is 7.71. The molecule has 0 aromatic rings. The van der Waals surface area contributed by atoms with Crippen molar-refractivity contribution in [3.63, 3.8) is 0 Å². The topological polar surface area (TPSA) is 18.5 Å². The molecular formula is C15H31N3. The first-order valence-electron chi connectivity index (χ1n) is 7.71. The summed E-state index contributed by atoms with van der Waals surface area (Å²) in [7, 11) is 0. The molecule has 2 saturated heterocycles. The number of likely N-dealkylation sites (N-methyl/N-ethyl adjacent to an activating group) is 1. The second kappa shape index (κ2) is 5.89. The molecule has 0 radical (unpaired) electrons. The van der Waals surface area contributed by atoms with Crippen LogP contribution in [-0.4, -0.2) is 61.2 Å². The van der Waals surface area contributed by atoms with E-state index >= 15 is 0 Å². The van der Waals surface area contributed by atoms with Crippen LogP contribution < -0.4 is 5.32 Å². The molecule has 0 spiro atoms. The Balaban J connectivity index is 1.99. The van der Waals surface area contributed by atoms with Gasteiger partial charge in [-0.15, -0.1) is 0 Å². The molecular weight excluding hydrogens is 222 g/mol. The minimum Gasteiger partial charge on any atom is -0.317 e. The maximum Gasteiger partial charge on any atom is 0.0272 e. The van der Waals surface area contributed by atoms with E-state index in [9.17, 15) is 0 Å². The van der Waals surface area contributed by atoms with Crippen LogP contribution in [0.4, 0.5) is 0 Å². The van der Waals surface area contributed by atoms with Crippen LogP contribution in [0.3, 0.4) is 0 Å². The van der Waals surface area contributed by atoms with Crippen molar-refractivity contribution in [1.29, 1.82) is 0 Å². The predicted octanol–water partition coefficient (Wildman–Crippen LogP) is 1.79. The van der Waals surface area contributed by atoms with Gasteiger partial charge in [-0.3, -0.25) is 9.80 Å². The summed E-state index contributed by atoms with van der Waals surface area (Å²) in [5.74, 6) is 0. The van der Waals surface area contributed by atoms with Gasteiger partial charge in [0.1, 0.15) is 0 Å². The van der Waals surface area contributed by atoms with Crippen molar-refractivity contribution < 1.29 is 0 Å². The zero-order chi connectivity index (χ0) is 13.2. The highest BCUT2D eigenvalue weighted by Crippen LogP contribution is 2.29. The lowest BCUT2D eigenvalue weighted by molar-refractivity contribution is -0.00414. The van der Waals surface area contributed by atoms with Crippen LogP contribution in [0.25, 0.3) is 0 Å². The smallest absolute Gasteiger partial charge is 0.0272 e. The van der Waals surface area contributed by atoms with Gasteiger partial charge in [0.05, 0.1) is 0 Å². The second-order valence-corrected chi connectivity index (χ2v) is 6.99. The summed E-state index contributed by atoms with van der Waals surface area (Å²) >= 11 is 0. The predicted molar refractivity (Wildman–Crippen MR) is 78.0 cm³/mol. The number of hydrogen-bond acceptors (Lipinski definition) is 3. The number of hydrogen-bond donors (Lipinski definition) is 1. The molecule has 3 nitrogen and oxygen atoms in total. The number of rotatable bonds is 2. The molecule has 0 bridgehead atoms. The molecule has 3 heteroatoms. The zero-order valence-electron chi connectivity index (χ0n) is 12.7. The van der Waals surface area contributed by atoms with E-state index in [-0.39, 0.29) is 0 Å². The molecule has 1 atom stereocenters. The highest BCUT2D eigenvalue weighted by Gasteiger charge is 2.36. The van der Waals surface area contributed by atoms with E-state index in [1.807, 2.05) is 0 Å². The summed E-state index contributed by atoms with van der Waals surface area (Å²) in [5, 5.41) is 3.48. The Morgan fingerprint density at radius 3 is 2.33 bits per heavy atom. The monoisotopic (exact) mass is 253 g/mol. The van der Waals surface area contributed by atoms with Gasteiger partial charge in [0, 0.05) is 31.7 Å². The van der Waals surface area contributed by atoms with Crippen LogP contribution in [0.1, 0.15) is 40.5 Å². The highest BCUT2D eigenvalue weighted by molar-refractivity contribution is 4.92. The van der Waals surface area contributed by atoms with E-state index in [0.29, 0.717) is 11.5 Å². The standard InChI is InChI=1S/C15H31N3/c1-5-17-10-11-18(12-14(17)15(2,3)4)13-6-8-16-9-7-13/h13-14,16H,5-12H2,1-4H3. The second-order valence-electron chi connectivity index (χ2n) is 6.99. The molecule has 0 amide bonds. The largest absolute Gasteiger partial charge is 0.317 e. The van der Waals surface area contributed by atoms with E-state index in [4.69, 9.17) is 0 Å². The van der Waals surface area contributed by atoms with Gasteiger partial charge in [-0.2, -0.15) is 0 Å². The molecule has 2 aliphatic heterocycles. The van der Waals surface area contributed by atoms with Crippen molar-refractivity contribution >= 4 is 0 Å². The van der Waals surface area contributed by atoms with Crippen molar-refractivity contribution in [2.45, 2.75) is 52.6 Å². The van der Waals surface area contributed by atoms with Crippen LogP contribution >= 0.6 is 0 Å². The summed E-state index contributed by atoms with van der Waals surface area (Å²) in [6, 6.07) is 1.54. The first kappa shape index (κ1) is 14.3. The SMILES string of the molecule is CCN1CCN(C2CCNCC2)CC1C(C)(C)C. The molecule has 0 aliphatic carbocycles. The number of nitrogens with zero attached hydrogens (tertiary/aromatic N) is 2. The lowest BCUT2D eigenvalue weighted by Gasteiger charge is -2.49. The third-order valence-corrected chi connectivity index (χ3v) is 4.75. The number of piperazine rings is 1. The Morgan fingerprint density at radius 2 is 1.78 bits per heavy atom. The molecule has 106 valence electrons. The Labute approximate surface area is 113 Å². The van der Waals surface area contributed by atoms with Gasteiger partial charge in [-0.05, 0) is 37.9 Å². The third kappa shape index (κ3) is 3.25. The molecule has 1 unspecified atom stereocenters. The molecule has 0 aromatic heterocycles. The summed E-state index contributed by atoms with van der Waals surface area (Å²) in [5.41, 5.74) is 0.390. The minimum absolute atomic E-state index is 0.390. The molecule has 18 heavy (non-hydrogen) atoms. The van der Waals surface area contributed by atoms with Gasteiger partial charge >= 0.3 is 0 Å². The van der Waals surface area contributed by atoms with Crippen molar-refractivity contribution in [2.24, 2.45) is 5.41 Å². The Morgan fingerprint density at radius 1 is 1.11 bits per heavy atom. The van der Waals surface area contributed by atoms with E-state index in [1.165, 1.54) is 52.1 Å². The average Bonchev–Trinajstić information content (AvgIpc) is 2.38. The van der Waals surface area contributed by atoms with E-state index < -0.39 is 0 Å². The molecule has 2 rings (SSSR count). The van der Waals surface area contributed by atoms with Crippen LogP contribution in [0.2, 0.25) is 0 Å². The average molecular weight is 253 g/mol. The molecule has 1 N–H and O–H groups in total. The fourth-order valence-electron chi connectivity index (χ4n) is 3.55. The molecule has 2 fully saturated rings. The normalized spacial score (nSPS) is 29.7. The fraction of sp³-hybridized carbons (Fsp3) is 1.00. The van der Waals surface area contributed by atoms with E-state index in [0.717, 1.165) is 6.04 Å². The first-order chi connectivity index (χ1) is 8.52. The maximum atomic E-state index is 3.48. The quantitative estimate of drug-likeness (QED) is 0.809. The van der Waals surface area contributed by atoms with Crippen molar-refractivity contribution in [3.05, 3.63) is 0 Å². The third-order valence-electron chi connectivity index (χ3n) is 4.75. The number of nitrogens with one attached hydrogen (secondary N) is 1. The van der Waals surface area contributed by atoms with Gasteiger partial charge in [-0.25, -0.2) is 0 Å². The van der Waals surface area contributed by atoms with Crippen LogP contribution in [0.5, 0.6) is 0 Å². The van der Waals surface area contributed by atoms with Crippen molar-refractivity contribution in [1.82, 2.24) is 15.1 Å². The van der Waals surface area contributed by atoms with Crippen LogP contribution in [0.15, 0.2) is 0 Å². The molecule has 0 saturated carbocycles. The molecule has 2 aliphatic rings. The Hall–Kier alpha value is -0.120. The van der Waals surface area contributed by atoms with Gasteiger partial charge in [-0.1, -0.05) is 27.7 Å². The summed E-state index contributed by atoms with van der Waals surface area (Å²) in [6.07, 6.45) is 2.67. The summed E-state index contributed by atoms with van der Waals surface area (Å²) in [4.78, 5) is 5.44. The number of piperidine rings is 1. The lowest BCUT2D eigenvalue weighted by atomic mass is 9.83. The van der Waals surface area contributed by atoms with Gasteiger partial charge < -0.3 is 5.32 Å². The Bertz CT molecular complexity index is 253. The molecule has 0 aromatic carbocycles. The van der Waals surface area contributed by atoms with Gasteiger partial charge in [0.2, 0.25) is 0 Å². The van der Waals surface area contributed by atoms with Gasteiger partial charge in [0.25, 0.3) is 0 Å². The van der Waals surface area contributed by atoms with Crippen LogP contribution in [0, 0.1) is 5.41 Å². The highest BCUT2D eigenvalue weighted by atomic mass is 15.3. The molecule has 2 heterocycles. The van der Waals surface area contributed by atoms with Crippen molar-refractivity contribution in [2.75, 3.05) is 39.3 Å².